The van der Waals surface area contributed by atoms with E-state index in [1.165, 1.54) is 0 Å². The third kappa shape index (κ3) is 1.69. The summed E-state index contributed by atoms with van der Waals surface area (Å²) in [5.74, 6) is 1.19. The monoisotopic (exact) mass is 310 g/mol. The molecule has 0 spiro atoms. The highest BCUT2D eigenvalue weighted by atomic mass is 16.7. The zero-order valence-corrected chi connectivity index (χ0v) is 12.9. The Bertz CT molecular complexity index is 759. The number of amides is 1. The fourth-order valence-electron chi connectivity index (χ4n) is 4.95. The van der Waals surface area contributed by atoms with Gasteiger partial charge in [0.2, 0.25) is 5.91 Å². The van der Waals surface area contributed by atoms with E-state index in [1.807, 2.05) is 41.2 Å². The molecule has 2 aromatic rings. The molecule has 0 radical (unpaired) electrons. The van der Waals surface area contributed by atoms with Crippen LogP contribution in [-0.4, -0.2) is 39.1 Å². The average Bonchev–Trinajstić information content (AvgIpc) is 3.31. The maximum atomic E-state index is 12.4. The topological polar surface area (TPSA) is 60.2 Å². The van der Waals surface area contributed by atoms with Crippen molar-refractivity contribution < 1.29 is 9.63 Å². The highest BCUT2D eigenvalue weighted by molar-refractivity contribution is 5.82. The van der Waals surface area contributed by atoms with Gasteiger partial charge in [0.05, 0.1) is 25.4 Å². The largest absolute Gasteiger partial charge is 0.274 e. The number of carbonyl (C=O) groups excluding carboxylic acids is 1. The lowest BCUT2D eigenvalue weighted by Crippen LogP contribution is -2.39. The van der Waals surface area contributed by atoms with Gasteiger partial charge in [-0.2, -0.15) is 0 Å². The SMILES string of the molecule is CON1C(=O)C2CC3CC2C1C3n1cc(-c2ccccc2)nn1. The molecule has 118 valence electrons. The Morgan fingerprint density at radius 2 is 2.00 bits per heavy atom. The van der Waals surface area contributed by atoms with Crippen molar-refractivity contribution in [3.05, 3.63) is 36.5 Å². The highest BCUT2D eigenvalue weighted by Gasteiger charge is 2.64. The van der Waals surface area contributed by atoms with Crippen LogP contribution < -0.4 is 0 Å². The summed E-state index contributed by atoms with van der Waals surface area (Å²) in [4.78, 5) is 17.8. The molecule has 5 atom stereocenters. The van der Waals surface area contributed by atoms with Crippen LogP contribution in [-0.2, 0) is 9.63 Å². The molecule has 5 unspecified atom stereocenters. The number of carbonyl (C=O) groups is 1. The van der Waals surface area contributed by atoms with Gasteiger partial charge in [-0.25, -0.2) is 9.75 Å². The van der Waals surface area contributed by atoms with Gasteiger partial charge in [-0.05, 0) is 24.7 Å². The van der Waals surface area contributed by atoms with E-state index >= 15 is 0 Å². The Kier molecular flexibility index (Phi) is 2.68. The average molecular weight is 310 g/mol. The molecule has 1 saturated heterocycles. The molecule has 3 fully saturated rings. The quantitative estimate of drug-likeness (QED) is 0.869. The van der Waals surface area contributed by atoms with E-state index in [2.05, 4.69) is 10.3 Å². The van der Waals surface area contributed by atoms with Crippen LogP contribution in [0.1, 0.15) is 18.9 Å². The van der Waals surface area contributed by atoms with Crippen molar-refractivity contribution in [3.8, 4) is 11.3 Å². The van der Waals surface area contributed by atoms with E-state index in [1.54, 1.807) is 12.2 Å². The summed E-state index contributed by atoms with van der Waals surface area (Å²) in [7, 11) is 1.59. The minimum absolute atomic E-state index is 0.0987. The number of rotatable bonds is 3. The number of benzene rings is 1. The van der Waals surface area contributed by atoms with Crippen LogP contribution >= 0.6 is 0 Å². The number of fused-ring (bicyclic) bond motifs is 1. The zero-order valence-electron chi connectivity index (χ0n) is 12.9. The number of hydrogen-bond donors (Lipinski definition) is 0. The third-order valence-electron chi connectivity index (χ3n) is 5.81. The van der Waals surface area contributed by atoms with Crippen LogP contribution in [0.15, 0.2) is 36.5 Å². The van der Waals surface area contributed by atoms with E-state index in [4.69, 9.17) is 4.84 Å². The van der Waals surface area contributed by atoms with Gasteiger partial charge in [0.25, 0.3) is 0 Å². The molecule has 1 amide bonds. The van der Waals surface area contributed by atoms with Gasteiger partial charge < -0.3 is 0 Å². The molecule has 6 heteroatoms. The predicted octanol–water partition coefficient (Wildman–Crippen LogP) is 1.91. The lowest BCUT2D eigenvalue weighted by Gasteiger charge is -2.30. The molecule has 6 nitrogen and oxygen atoms in total. The van der Waals surface area contributed by atoms with Crippen LogP contribution in [0.25, 0.3) is 11.3 Å². The molecular formula is C17H18N4O2. The molecule has 1 aromatic carbocycles. The zero-order chi connectivity index (χ0) is 15.6. The third-order valence-corrected chi connectivity index (χ3v) is 5.81. The van der Waals surface area contributed by atoms with E-state index < -0.39 is 0 Å². The Morgan fingerprint density at radius 1 is 1.17 bits per heavy atom. The van der Waals surface area contributed by atoms with E-state index in [-0.39, 0.29) is 23.9 Å². The highest BCUT2D eigenvalue weighted by Crippen LogP contribution is 2.59. The van der Waals surface area contributed by atoms with Gasteiger partial charge in [-0.1, -0.05) is 35.5 Å². The van der Waals surface area contributed by atoms with Gasteiger partial charge in [-0.3, -0.25) is 9.63 Å². The number of nitrogens with zero attached hydrogens (tertiary/aromatic N) is 4. The van der Waals surface area contributed by atoms with Crippen molar-refractivity contribution in [3.63, 3.8) is 0 Å². The van der Waals surface area contributed by atoms with Gasteiger partial charge >= 0.3 is 0 Å². The smallest absolute Gasteiger partial charge is 0.249 e. The first kappa shape index (κ1) is 13.2. The van der Waals surface area contributed by atoms with Crippen LogP contribution in [0.5, 0.6) is 0 Å². The summed E-state index contributed by atoms with van der Waals surface area (Å²) in [5, 5.41) is 10.3. The van der Waals surface area contributed by atoms with Crippen molar-refractivity contribution in [2.45, 2.75) is 24.9 Å². The first-order valence-corrected chi connectivity index (χ1v) is 8.12. The standard InChI is InChI=1S/C17H18N4O2/c1-23-21-16-12-7-11(8-13(12)17(21)22)15(16)20-9-14(18-19-20)10-5-3-2-4-6-10/h2-6,9,11-13,15-16H,7-8H2,1H3. The fraction of sp³-hybridized carbons (Fsp3) is 0.471. The fourth-order valence-corrected chi connectivity index (χ4v) is 4.95. The summed E-state index contributed by atoms with van der Waals surface area (Å²) in [6.45, 7) is 0. The summed E-state index contributed by atoms with van der Waals surface area (Å²) >= 11 is 0. The molecule has 2 aliphatic carbocycles. The van der Waals surface area contributed by atoms with Crippen molar-refractivity contribution >= 4 is 5.91 Å². The summed E-state index contributed by atoms with van der Waals surface area (Å²) in [6, 6.07) is 10.3. The lowest BCUT2D eigenvalue weighted by molar-refractivity contribution is -0.181. The van der Waals surface area contributed by atoms with Gasteiger partial charge in [0.1, 0.15) is 5.69 Å². The molecule has 1 aliphatic heterocycles. The van der Waals surface area contributed by atoms with Gasteiger partial charge in [0.15, 0.2) is 0 Å². The molecule has 0 N–H and O–H groups in total. The Labute approximate surface area is 134 Å². The minimum atomic E-state index is 0.0987. The van der Waals surface area contributed by atoms with Crippen LogP contribution in [0.2, 0.25) is 0 Å². The molecule has 1 aromatic heterocycles. The van der Waals surface area contributed by atoms with E-state index in [0.717, 1.165) is 24.1 Å². The molecular weight excluding hydrogens is 292 g/mol. The van der Waals surface area contributed by atoms with E-state index in [0.29, 0.717) is 11.8 Å². The normalized spacial score (nSPS) is 34.6. The molecule has 2 bridgehead atoms. The molecule has 23 heavy (non-hydrogen) atoms. The van der Waals surface area contributed by atoms with Crippen molar-refractivity contribution in [1.29, 1.82) is 0 Å². The first-order chi connectivity index (χ1) is 11.3. The molecule has 2 heterocycles. The van der Waals surface area contributed by atoms with Crippen LogP contribution in [0.3, 0.4) is 0 Å². The second-order valence-electron chi connectivity index (χ2n) is 6.78. The van der Waals surface area contributed by atoms with Crippen LogP contribution in [0, 0.1) is 17.8 Å². The van der Waals surface area contributed by atoms with Gasteiger partial charge in [0, 0.05) is 11.5 Å². The second kappa shape index (κ2) is 4.64. The Balaban J connectivity index is 1.51. The predicted molar refractivity (Wildman–Crippen MR) is 81.8 cm³/mol. The van der Waals surface area contributed by atoms with Crippen LogP contribution in [0.4, 0.5) is 0 Å². The summed E-state index contributed by atoms with van der Waals surface area (Å²) < 4.78 is 1.96. The first-order valence-electron chi connectivity index (χ1n) is 8.12. The number of hydrogen-bond acceptors (Lipinski definition) is 4. The second-order valence-corrected chi connectivity index (χ2v) is 6.78. The Hall–Kier alpha value is -2.21. The van der Waals surface area contributed by atoms with Crippen molar-refractivity contribution in [1.82, 2.24) is 20.1 Å². The summed E-state index contributed by atoms with van der Waals surface area (Å²) in [5.41, 5.74) is 1.93. The molecule has 5 rings (SSSR count). The van der Waals surface area contributed by atoms with Crippen molar-refractivity contribution in [2.24, 2.45) is 17.8 Å². The van der Waals surface area contributed by atoms with Crippen molar-refractivity contribution in [2.75, 3.05) is 7.11 Å². The minimum Gasteiger partial charge on any atom is -0.274 e. The lowest BCUT2D eigenvalue weighted by atomic mass is 9.86. The molecule has 2 saturated carbocycles. The number of aromatic nitrogens is 3. The molecule has 3 aliphatic rings. The Morgan fingerprint density at radius 3 is 2.78 bits per heavy atom. The summed E-state index contributed by atoms with van der Waals surface area (Å²) in [6.07, 6.45) is 4.05. The maximum Gasteiger partial charge on any atom is 0.249 e. The van der Waals surface area contributed by atoms with Gasteiger partial charge in [-0.15, -0.1) is 5.10 Å². The number of hydroxylamine groups is 2. The maximum absolute atomic E-state index is 12.4. The van der Waals surface area contributed by atoms with E-state index in [9.17, 15) is 4.79 Å².